The van der Waals surface area contributed by atoms with Crippen LogP contribution in [-0.2, 0) is 20.2 Å². The van der Waals surface area contributed by atoms with E-state index < -0.39 is 30.0 Å². The third kappa shape index (κ3) is 10.5. The molecule has 0 aliphatic carbocycles. The van der Waals surface area contributed by atoms with Crippen LogP contribution in [0.4, 0.5) is 23.3 Å². The van der Waals surface area contributed by atoms with Crippen LogP contribution in [0.1, 0.15) is 11.1 Å². The van der Waals surface area contributed by atoms with Crippen LogP contribution in [0.15, 0.2) is 120 Å². The van der Waals surface area contributed by atoms with Crippen molar-refractivity contribution < 1.29 is 129 Å². The number of nitrogens with zero attached hydrogens (tertiary/aromatic N) is 6. The molecule has 0 atom stereocenters. The molecule has 0 amide bonds. The summed E-state index contributed by atoms with van der Waals surface area (Å²) in [6, 6.07) is 26.1. The number of rotatable bonds is 10. The van der Waals surface area contributed by atoms with E-state index in [0.717, 1.165) is 23.3 Å². The van der Waals surface area contributed by atoms with Crippen LogP contribution >= 0.6 is 0 Å². The Morgan fingerprint density at radius 1 is 0.520 bits per heavy atom. The normalized spacial score (nSPS) is 11.3. The smallest absolute Gasteiger partial charge is 0.744 e. The van der Waals surface area contributed by atoms with E-state index in [1.165, 1.54) is 49.1 Å². The minimum absolute atomic E-state index is 0. The van der Waals surface area contributed by atoms with Crippen molar-refractivity contribution in [3.63, 3.8) is 0 Å². The third-order valence-corrected chi connectivity index (χ3v) is 8.51. The van der Waals surface area contributed by atoms with Gasteiger partial charge in [-0.25, -0.2) is 36.8 Å². The predicted molar refractivity (Wildman–Crippen MR) is 175 cm³/mol. The van der Waals surface area contributed by atoms with Crippen LogP contribution in [0, 0.1) is 0 Å². The molecule has 2 aromatic heterocycles. The zero-order chi connectivity index (χ0) is 33.7. The summed E-state index contributed by atoms with van der Waals surface area (Å²) in [4.78, 5) is 23.9. The average Bonchev–Trinajstić information content (AvgIpc) is 3.08. The van der Waals surface area contributed by atoms with Gasteiger partial charge in [0.25, 0.3) is 0 Å². The van der Waals surface area contributed by atoms with Gasteiger partial charge in [0.05, 0.1) is 9.79 Å². The quantitative estimate of drug-likeness (QED) is 0.0961. The van der Waals surface area contributed by atoms with Gasteiger partial charge in [0.2, 0.25) is 11.9 Å². The molecule has 6 rings (SSSR count). The summed E-state index contributed by atoms with van der Waals surface area (Å²) >= 11 is 0. The van der Waals surface area contributed by atoms with Crippen molar-refractivity contribution in [2.45, 2.75) is 9.79 Å². The number of hydrogen-bond donors (Lipinski definition) is 2. The summed E-state index contributed by atoms with van der Waals surface area (Å²) in [5.74, 6) is 0.961. The summed E-state index contributed by atoms with van der Waals surface area (Å²) in [6.07, 6.45) is 5.02. The number of nitrogens with one attached hydrogen (secondary N) is 2. The first-order chi connectivity index (χ1) is 23.0. The van der Waals surface area contributed by atoms with Gasteiger partial charge >= 0.3 is 103 Å². The maximum atomic E-state index is 12.2. The summed E-state index contributed by atoms with van der Waals surface area (Å²) in [5.41, 5.74) is 1.75. The van der Waals surface area contributed by atoms with E-state index in [0.29, 0.717) is 11.6 Å². The van der Waals surface area contributed by atoms with Crippen LogP contribution in [0.5, 0.6) is 0 Å². The molecule has 0 aliphatic rings. The molecule has 14 nitrogen and oxygen atoms in total. The van der Waals surface area contributed by atoms with Gasteiger partial charge in [-0.05, 0) is 35.4 Å². The first-order valence-electron chi connectivity index (χ1n) is 13.9. The summed E-state index contributed by atoms with van der Waals surface area (Å²) in [7, 11) is -10.0. The second kappa shape index (κ2) is 17.7. The molecule has 6 aromatic rings. The maximum Gasteiger partial charge on any atom is 1.00 e. The fourth-order valence-corrected chi connectivity index (χ4v) is 5.93. The summed E-state index contributed by atoms with van der Waals surface area (Å²) in [5, 5.41) is 5.73. The molecule has 0 unspecified atom stereocenters. The summed E-state index contributed by atoms with van der Waals surface area (Å²) < 4.78 is 73.4. The fraction of sp³-hybridized carbons (Fsp3) is 0. The van der Waals surface area contributed by atoms with Gasteiger partial charge in [-0.2, -0.15) is 9.97 Å². The predicted octanol–water partition coefficient (Wildman–Crippen LogP) is -1.14. The molecule has 0 aliphatic heterocycles. The first-order valence-corrected chi connectivity index (χ1v) is 16.8. The van der Waals surface area contributed by atoms with E-state index in [-0.39, 0.29) is 137 Å². The molecule has 0 fully saturated rings. The SMILES string of the molecule is O=S(=O)([O-])c1cc(Nc2ncnc(-c3ccccc3)n2)ccc1/C=C/c1ccc(Nc2ncnc(-c3ccccc3)n2)cc1S(=O)(=O)[O-].[K+].[K+]. The standard InChI is InChI=1S/C32H24N8O6S2.2K/c41-47(42,43)27-17-25(37-31-35-19-33-29(39-31)23-7-3-1-4-8-23)15-13-21(27)11-12-22-14-16-26(18-28(22)48(44,45)46)38-32-36-20-34-30(40-32)24-9-5-2-6-10-24;;/h1-20H,(H,41,42,43)(H,44,45,46)(H,33,35,37,39)(H,34,36,38,40);;/q;2*+1/p-2/b12-11+;;. The van der Waals surface area contributed by atoms with Crippen molar-refractivity contribution in [1.82, 2.24) is 29.9 Å². The Kier molecular flexibility index (Phi) is 14.2. The van der Waals surface area contributed by atoms with Gasteiger partial charge in [-0.3, -0.25) is 0 Å². The van der Waals surface area contributed by atoms with Gasteiger partial charge in [0, 0.05) is 22.5 Å². The van der Waals surface area contributed by atoms with E-state index in [1.807, 2.05) is 60.7 Å². The Morgan fingerprint density at radius 2 is 0.900 bits per heavy atom. The molecule has 2 heterocycles. The van der Waals surface area contributed by atoms with Crippen molar-refractivity contribution in [2.24, 2.45) is 0 Å². The topological polar surface area (TPSA) is 216 Å². The molecule has 0 spiro atoms. The van der Waals surface area contributed by atoms with Crippen LogP contribution in [0.2, 0.25) is 0 Å². The van der Waals surface area contributed by atoms with Crippen molar-refractivity contribution in [1.29, 1.82) is 0 Å². The van der Waals surface area contributed by atoms with Gasteiger partial charge < -0.3 is 19.7 Å². The summed E-state index contributed by atoms with van der Waals surface area (Å²) in [6.45, 7) is 0. The van der Waals surface area contributed by atoms with E-state index in [2.05, 4.69) is 40.5 Å². The van der Waals surface area contributed by atoms with Gasteiger partial charge in [0.1, 0.15) is 32.9 Å². The van der Waals surface area contributed by atoms with Crippen molar-refractivity contribution in [2.75, 3.05) is 10.6 Å². The molecule has 0 saturated carbocycles. The van der Waals surface area contributed by atoms with E-state index in [1.54, 1.807) is 0 Å². The van der Waals surface area contributed by atoms with Crippen LogP contribution < -0.4 is 113 Å². The Morgan fingerprint density at radius 3 is 1.26 bits per heavy atom. The third-order valence-electron chi connectivity index (χ3n) is 6.73. The van der Waals surface area contributed by atoms with Crippen LogP contribution in [-0.4, -0.2) is 55.8 Å². The maximum absolute atomic E-state index is 12.2. The number of aromatic nitrogens is 6. The molecule has 240 valence electrons. The Balaban J connectivity index is 0.00000281. The minimum Gasteiger partial charge on any atom is -0.744 e. The molecule has 4 aromatic carbocycles. The Labute approximate surface area is 372 Å². The van der Waals surface area contributed by atoms with Crippen molar-refractivity contribution in [3.05, 3.63) is 121 Å². The van der Waals surface area contributed by atoms with E-state index in [4.69, 9.17) is 0 Å². The second-order valence-electron chi connectivity index (χ2n) is 9.99. The molecule has 50 heavy (non-hydrogen) atoms. The zero-order valence-corrected chi connectivity index (χ0v) is 34.4. The van der Waals surface area contributed by atoms with E-state index >= 15 is 0 Å². The van der Waals surface area contributed by atoms with Crippen LogP contribution in [0.3, 0.4) is 0 Å². The largest absolute Gasteiger partial charge is 1.00 e. The zero-order valence-electron chi connectivity index (χ0n) is 26.5. The Hall–Kier alpha value is -2.67. The Bertz CT molecular complexity index is 2210. The second-order valence-corrected chi connectivity index (χ2v) is 12.7. The molecular weight excluding hydrogens is 735 g/mol. The molecule has 18 heteroatoms. The first kappa shape index (κ1) is 40.1. The van der Waals surface area contributed by atoms with Crippen molar-refractivity contribution in [3.8, 4) is 22.8 Å². The molecular formula is C32H22K2N8O6S2. The monoisotopic (exact) mass is 756 g/mol. The molecule has 0 bridgehead atoms. The molecule has 0 radical (unpaired) electrons. The van der Waals surface area contributed by atoms with E-state index in [9.17, 15) is 25.9 Å². The van der Waals surface area contributed by atoms with Crippen molar-refractivity contribution >= 4 is 55.7 Å². The number of hydrogen-bond acceptors (Lipinski definition) is 14. The molecule has 2 N–H and O–H groups in total. The van der Waals surface area contributed by atoms with Gasteiger partial charge in [-0.1, -0.05) is 84.9 Å². The average molecular weight is 757 g/mol. The molecule has 0 saturated heterocycles. The number of anilines is 4. The van der Waals surface area contributed by atoms with Crippen LogP contribution in [0.25, 0.3) is 34.9 Å². The van der Waals surface area contributed by atoms with Gasteiger partial charge in [-0.15, -0.1) is 0 Å². The minimum atomic E-state index is -5.01. The number of benzene rings is 4. The van der Waals surface area contributed by atoms with Gasteiger partial charge in [0.15, 0.2) is 11.6 Å². The fourth-order valence-electron chi connectivity index (χ4n) is 4.54.